The van der Waals surface area contributed by atoms with Crippen LogP contribution in [0.25, 0.3) is 0 Å². The number of aromatic nitrogens is 2. The van der Waals surface area contributed by atoms with Crippen LogP contribution < -0.4 is 5.73 Å². The number of nitrogens with zero attached hydrogens (tertiary/aromatic N) is 2. The Hall–Kier alpha value is -1.00. The van der Waals surface area contributed by atoms with Crippen LogP contribution in [-0.4, -0.2) is 23.1 Å². The van der Waals surface area contributed by atoms with Crippen molar-refractivity contribution in [2.45, 2.75) is 45.3 Å². The molecule has 0 radical (unpaired) electrons. The van der Waals surface area contributed by atoms with Crippen LogP contribution >= 0.6 is 0 Å². The lowest BCUT2D eigenvalue weighted by molar-refractivity contribution is 0.0768. The van der Waals surface area contributed by atoms with Gasteiger partial charge in [0.1, 0.15) is 6.10 Å². The number of rotatable bonds is 5. The summed E-state index contributed by atoms with van der Waals surface area (Å²) in [5.74, 6) is 1.43. The topological polar surface area (TPSA) is 61.0 Å². The second kappa shape index (κ2) is 5.10. The predicted molar refractivity (Wildman–Crippen MR) is 66.6 cm³/mol. The highest BCUT2D eigenvalue weighted by Gasteiger charge is 2.34. The van der Waals surface area contributed by atoms with E-state index in [0.29, 0.717) is 5.92 Å². The lowest BCUT2D eigenvalue weighted by atomic mass is 10.1. The summed E-state index contributed by atoms with van der Waals surface area (Å²) in [5.41, 5.74) is 7.83. The van der Waals surface area contributed by atoms with Gasteiger partial charge in [-0.2, -0.15) is 0 Å². The van der Waals surface area contributed by atoms with Crippen molar-refractivity contribution >= 4 is 0 Å². The molecule has 1 aromatic rings. The molecular weight excluding hydrogens is 214 g/mol. The first kappa shape index (κ1) is 12.5. The van der Waals surface area contributed by atoms with Gasteiger partial charge in [-0.3, -0.25) is 0 Å². The van der Waals surface area contributed by atoms with Gasteiger partial charge in [0.25, 0.3) is 0 Å². The smallest absolute Gasteiger partial charge is 0.157 e. The minimum absolute atomic E-state index is 0.0572. The molecule has 1 fully saturated rings. The van der Waals surface area contributed by atoms with E-state index in [-0.39, 0.29) is 12.1 Å². The van der Waals surface area contributed by atoms with Crippen LogP contribution in [0.3, 0.4) is 0 Å². The molecule has 1 aromatic heterocycles. The van der Waals surface area contributed by atoms with Gasteiger partial charge in [-0.25, -0.2) is 9.97 Å². The second-order valence-corrected chi connectivity index (χ2v) is 5.03. The quantitative estimate of drug-likeness (QED) is 0.845. The lowest BCUT2D eigenvalue weighted by Crippen LogP contribution is -2.20. The van der Waals surface area contributed by atoms with Gasteiger partial charge in [0.2, 0.25) is 0 Å². The van der Waals surface area contributed by atoms with Crippen molar-refractivity contribution in [2.24, 2.45) is 11.7 Å². The van der Waals surface area contributed by atoms with Gasteiger partial charge < -0.3 is 10.5 Å². The van der Waals surface area contributed by atoms with Gasteiger partial charge in [0, 0.05) is 31.0 Å². The zero-order valence-electron chi connectivity index (χ0n) is 10.8. The van der Waals surface area contributed by atoms with E-state index in [1.165, 1.54) is 12.8 Å². The number of methoxy groups -OCH3 is 1. The number of ether oxygens (including phenoxy) is 1. The van der Waals surface area contributed by atoms with Gasteiger partial charge in [0.05, 0.1) is 0 Å². The molecule has 2 atom stereocenters. The van der Waals surface area contributed by atoms with E-state index >= 15 is 0 Å². The fourth-order valence-electron chi connectivity index (χ4n) is 2.13. The predicted octanol–water partition coefficient (Wildman–Crippen LogP) is 1.77. The van der Waals surface area contributed by atoms with E-state index in [1.54, 1.807) is 7.11 Å². The van der Waals surface area contributed by atoms with Crippen LogP contribution in [0.2, 0.25) is 0 Å². The monoisotopic (exact) mass is 235 g/mol. The average Bonchev–Trinajstić information content (AvgIpc) is 3.01. The standard InChI is InChI=1S/C13H21N3O/c1-8(14)6-11-7-9(2)15-13(16-11)12(17-3)10-4-5-10/h7-8,10,12H,4-6,14H2,1-3H3. The summed E-state index contributed by atoms with van der Waals surface area (Å²) in [4.78, 5) is 9.09. The molecule has 1 saturated carbocycles. The third-order valence-electron chi connectivity index (χ3n) is 3.01. The summed E-state index contributed by atoms with van der Waals surface area (Å²) < 4.78 is 5.52. The van der Waals surface area contributed by atoms with Gasteiger partial charge in [-0.05, 0) is 38.7 Å². The third-order valence-corrected chi connectivity index (χ3v) is 3.01. The molecule has 0 bridgehead atoms. The maximum Gasteiger partial charge on any atom is 0.157 e. The molecule has 1 heterocycles. The summed E-state index contributed by atoms with van der Waals surface area (Å²) in [5, 5.41) is 0. The van der Waals surface area contributed by atoms with E-state index in [1.807, 2.05) is 19.9 Å². The van der Waals surface area contributed by atoms with E-state index in [4.69, 9.17) is 10.5 Å². The van der Waals surface area contributed by atoms with E-state index in [0.717, 1.165) is 23.6 Å². The first-order valence-electron chi connectivity index (χ1n) is 6.23. The highest BCUT2D eigenvalue weighted by Crippen LogP contribution is 2.41. The Labute approximate surface area is 103 Å². The van der Waals surface area contributed by atoms with Crippen molar-refractivity contribution in [3.8, 4) is 0 Å². The zero-order chi connectivity index (χ0) is 12.4. The SMILES string of the molecule is COC(c1nc(C)cc(CC(C)N)n1)C1CC1. The molecule has 4 nitrogen and oxygen atoms in total. The molecule has 17 heavy (non-hydrogen) atoms. The first-order valence-corrected chi connectivity index (χ1v) is 6.23. The normalized spacial score (nSPS) is 19.1. The molecule has 0 aliphatic heterocycles. The van der Waals surface area contributed by atoms with Gasteiger partial charge >= 0.3 is 0 Å². The maximum atomic E-state index is 5.81. The molecule has 1 aliphatic carbocycles. The van der Waals surface area contributed by atoms with Crippen LogP contribution in [0.5, 0.6) is 0 Å². The number of aryl methyl sites for hydroxylation is 1. The van der Waals surface area contributed by atoms with Gasteiger partial charge in [0.15, 0.2) is 5.82 Å². The van der Waals surface area contributed by atoms with Crippen molar-refractivity contribution in [3.63, 3.8) is 0 Å². The van der Waals surface area contributed by atoms with Crippen LogP contribution in [0.4, 0.5) is 0 Å². The van der Waals surface area contributed by atoms with Crippen LogP contribution in [0.15, 0.2) is 6.07 Å². The Morgan fingerprint density at radius 3 is 2.71 bits per heavy atom. The van der Waals surface area contributed by atoms with Crippen molar-refractivity contribution in [2.75, 3.05) is 7.11 Å². The Balaban J connectivity index is 2.23. The number of nitrogens with two attached hydrogens (primary N) is 1. The van der Waals surface area contributed by atoms with E-state index in [2.05, 4.69) is 9.97 Å². The molecule has 1 aliphatic rings. The number of hydrogen-bond acceptors (Lipinski definition) is 4. The van der Waals surface area contributed by atoms with Gasteiger partial charge in [-0.15, -0.1) is 0 Å². The first-order chi connectivity index (χ1) is 8.10. The second-order valence-electron chi connectivity index (χ2n) is 5.03. The Kier molecular flexibility index (Phi) is 3.74. The summed E-state index contributed by atoms with van der Waals surface area (Å²) in [6, 6.07) is 2.13. The van der Waals surface area contributed by atoms with E-state index < -0.39 is 0 Å². The number of hydrogen-bond donors (Lipinski definition) is 1. The van der Waals surface area contributed by atoms with Gasteiger partial charge in [-0.1, -0.05) is 0 Å². The molecule has 4 heteroatoms. The van der Waals surface area contributed by atoms with Crippen molar-refractivity contribution in [3.05, 3.63) is 23.3 Å². The van der Waals surface area contributed by atoms with Crippen LogP contribution in [0.1, 0.15) is 43.1 Å². The summed E-state index contributed by atoms with van der Waals surface area (Å²) >= 11 is 0. The summed E-state index contributed by atoms with van der Waals surface area (Å²) in [6.07, 6.45) is 3.29. The molecule has 94 valence electrons. The minimum Gasteiger partial charge on any atom is -0.373 e. The molecule has 2 rings (SSSR count). The maximum absolute atomic E-state index is 5.81. The fourth-order valence-corrected chi connectivity index (χ4v) is 2.13. The third kappa shape index (κ3) is 3.23. The highest BCUT2D eigenvalue weighted by molar-refractivity contribution is 5.13. The summed E-state index contributed by atoms with van der Waals surface area (Å²) in [7, 11) is 1.74. The highest BCUT2D eigenvalue weighted by atomic mass is 16.5. The molecule has 2 unspecified atom stereocenters. The fraction of sp³-hybridized carbons (Fsp3) is 0.692. The van der Waals surface area contributed by atoms with Crippen LogP contribution in [-0.2, 0) is 11.2 Å². The lowest BCUT2D eigenvalue weighted by Gasteiger charge is -2.15. The zero-order valence-corrected chi connectivity index (χ0v) is 10.8. The Morgan fingerprint density at radius 1 is 1.47 bits per heavy atom. The largest absolute Gasteiger partial charge is 0.373 e. The van der Waals surface area contributed by atoms with Crippen LogP contribution in [0, 0.1) is 12.8 Å². The molecule has 0 saturated heterocycles. The molecule has 0 aromatic carbocycles. The average molecular weight is 235 g/mol. The molecule has 0 amide bonds. The Morgan fingerprint density at radius 2 is 2.18 bits per heavy atom. The van der Waals surface area contributed by atoms with Crippen molar-refractivity contribution in [1.82, 2.24) is 9.97 Å². The molecule has 2 N–H and O–H groups in total. The summed E-state index contributed by atoms with van der Waals surface area (Å²) in [6.45, 7) is 3.99. The molecule has 0 spiro atoms. The van der Waals surface area contributed by atoms with Crippen molar-refractivity contribution < 1.29 is 4.74 Å². The molecular formula is C13H21N3O. The Bertz CT molecular complexity index is 388. The van der Waals surface area contributed by atoms with E-state index in [9.17, 15) is 0 Å². The van der Waals surface area contributed by atoms with Crippen molar-refractivity contribution in [1.29, 1.82) is 0 Å². The minimum atomic E-state index is 0.0572.